The number of hydrogen-bond acceptors (Lipinski definition) is 6. The highest BCUT2D eigenvalue weighted by molar-refractivity contribution is 7.89. The Balaban J connectivity index is 1.48. The molecule has 1 atom stereocenters. The number of nitrogens with two attached hydrogens (primary N) is 1. The van der Waals surface area contributed by atoms with E-state index in [1.54, 1.807) is 6.20 Å². The summed E-state index contributed by atoms with van der Waals surface area (Å²) in [6, 6.07) is 5.74. The molecule has 2 N–H and O–H groups in total. The average molecular weight is 397 g/mol. The predicted octanol–water partition coefficient (Wildman–Crippen LogP) is -0.431. The van der Waals surface area contributed by atoms with Crippen LogP contribution in [0, 0.1) is 0 Å². The van der Waals surface area contributed by atoms with Gasteiger partial charge in [-0.05, 0) is 19.1 Å². The number of sulfonamides is 1. The van der Waals surface area contributed by atoms with Crippen LogP contribution in [0.15, 0.2) is 29.4 Å². The SMILES string of the molecule is CC1CN(C(N)=NCCS(=O)(=O)N2CCN(c3ccccn3)CC2)CCO1. The molecule has 10 heteroatoms. The van der Waals surface area contributed by atoms with E-state index < -0.39 is 10.0 Å². The van der Waals surface area contributed by atoms with Crippen molar-refractivity contribution in [3.8, 4) is 0 Å². The normalized spacial score (nSPS) is 22.9. The van der Waals surface area contributed by atoms with E-state index >= 15 is 0 Å². The van der Waals surface area contributed by atoms with Crippen LogP contribution in [0.4, 0.5) is 5.82 Å². The monoisotopic (exact) mass is 396 g/mol. The third-order valence-electron chi connectivity index (χ3n) is 4.79. The van der Waals surface area contributed by atoms with Crippen molar-refractivity contribution in [1.82, 2.24) is 14.2 Å². The van der Waals surface area contributed by atoms with E-state index in [2.05, 4.69) is 14.9 Å². The first-order valence-corrected chi connectivity index (χ1v) is 10.9. The average Bonchev–Trinajstić information content (AvgIpc) is 2.68. The number of aromatic nitrogens is 1. The highest BCUT2D eigenvalue weighted by atomic mass is 32.2. The molecule has 9 nitrogen and oxygen atoms in total. The molecule has 3 rings (SSSR count). The molecule has 0 aromatic carbocycles. The van der Waals surface area contributed by atoms with E-state index in [1.165, 1.54) is 4.31 Å². The number of morpholine rings is 1. The Bertz CT molecular complexity index is 734. The first-order valence-electron chi connectivity index (χ1n) is 9.26. The lowest BCUT2D eigenvalue weighted by Crippen LogP contribution is -2.50. The zero-order chi connectivity index (χ0) is 19.3. The van der Waals surface area contributed by atoms with Gasteiger partial charge in [0.25, 0.3) is 0 Å². The summed E-state index contributed by atoms with van der Waals surface area (Å²) in [4.78, 5) is 12.6. The van der Waals surface area contributed by atoms with Crippen molar-refractivity contribution in [2.45, 2.75) is 13.0 Å². The maximum atomic E-state index is 12.6. The smallest absolute Gasteiger partial charge is 0.216 e. The standard InChI is InChI=1S/C17H28N6O3S/c1-15-14-22(11-12-26-15)17(18)20-6-13-27(24,25)23-9-7-21(8-10-23)16-4-2-3-5-19-16/h2-5,15H,6-14H2,1H3,(H2,18,20). The van der Waals surface area contributed by atoms with Crippen LogP contribution in [-0.4, -0.2) is 92.8 Å². The molecular weight excluding hydrogens is 368 g/mol. The highest BCUT2D eigenvalue weighted by Crippen LogP contribution is 2.14. The van der Waals surface area contributed by atoms with E-state index in [0.717, 1.165) is 5.82 Å². The second-order valence-corrected chi connectivity index (χ2v) is 8.85. The minimum atomic E-state index is -3.35. The van der Waals surface area contributed by atoms with Crippen LogP contribution in [0.2, 0.25) is 0 Å². The van der Waals surface area contributed by atoms with Gasteiger partial charge >= 0.3 is 0 Å². The van der Waals surface area contributed by atoms with Crippen molar-refractivity contribution in [3.05, 3.63) is 24.4 Å². The lowest BCUT2D eigenvalue weighted by molar-refractivity contribution is 0.00531. The van der Waals surface area contributed by atoms with Crippen LogP contribution in [0.1, 0.15) is 6.92 Å². The third-order valence-corrected chi connectivity index (χ3v) is 6.64. The second kappa shape index (κ2) is 8.85. The first-order chi connectivity index (χ1) is 13.0. The Labute approximate surface area is 160 Å². The molecule has 150 valence electrons. The fraction of sp³-hybridized carbons (Fsp3) is 0.647. The Morgan fingerprint density at radius 2 is 2.07 bits per heavy atom. The van der Waals surface area contributed by atoms with Gasteiger partial charge in [-0.2, -0.15) is 4.31 Å². The number of nitrogens with zero attached hydrogens (tertiary/aromatic N) is 5. The van der Waals surface area contributed by atoms with Gasteiger partial charge < -0.3 is 20.3 Å². The van der Waals surface area contributed by atoms with Crippen molar-refractivity contribution in [1.29, 1.82) is 0 Å². The Kier molecular flexibility index (Phi) is 6.51. The van der Waals surface area contributed by atoms with Gasteiger partial charge in [-0.3, -0.25) is 4.99 Å². The largest absolute Gasteiger partial charge is 0.375 e. The zero-order valence-electron chi connectivity index (χ0n) is 15.7. The molecule has 1 aromatic rings. The number of hydrogen-bond donors (Lipinski definition) is 1. The third kappa shape index (κ3) is 5.30. The maximum Gasteiger partial charge on any atom is 0.216 e. The molecule has 3 heterocycles. The number of guanidine groups is 1. The van der Waals surface area contributed by atoms with Crippen LogP contribution >= 0.6 is 0 Å². The van der Waals surface area contributed by atoms with Crippen molar-refractivity contribution < 1.29 is 13.2 Å². The van der Waals surface area contributed by atoms with Crippen LogP contribution in [-0.2, 0) is 14.8 Å². The Morgan fingerprint density at radius 3 is 2.74 bits per heavy atom. The summed E-state index contributed by atoms with van der Waals surface area (Å²) in [5, 5.41) is 0. The van der Waals surface area contributed by atoms with E-state index in [4.69, 9.17) is 10.5 Å². The van der Waals surface area contributed by atoms with E-state index in [0.29, 0.717) is 51.8 Å². The second-order valence-electron chi connectivity index (χ2n) is 6.76. The van der Waals surface area contributed by atoms with Crippen LogP contribution in [0.5, 0.6) is 0 Å². The van der Waals surface area contributed by atoms with Gasteiger partial charge in [0.2, 0.25) is 10.0 Å². The summed E-state index contributed by atoms with van der Waals surface area (Å²) in [5.74, 6) is 1.24. The van der Waals surface area contributed by atoms with Gasteiger partial charge in [-0.1, -0.05) is 6.07 Å². The molecule has 0 aliphatic carbocycles. The molecule has 0 saturated carbocycles. The molecule has 1 aromatic heterocycles. The molecule has 2 aliphatic rings. The quantitative estimate of drug-likeness (QED) is 0.532. The summed E-state index contributed by atoms with van der Waals surface area (Å²) >= 11 is 0. The van der Waals surface area contributed by atoms with Gasteiger partial charge in [0.05, 0.1) is 25.0 Å². The van der Waals surface area contributed by atoms with Gasteiger partial charge in [-0.15, -0.1) is 0 Å². The number of anilines is 1. The number of rotatable bonds is 5. The summed E-state index contributed by atoms with van der Waals surface area (Å²) < 4.78 is 32.2. The molecule has 2 fully saturated rings. The fourth-order valence-corrected chi connectivity index (χ4v) is 4.57. The molecular formula is C17H28N6O3S. The minimum absolute atomic E-state index is 0.0306. The van der Waals surface area contributed by atoms with Crippen LogP contribution in [0.3, 0.4) is 0 Å². The molecule has 2 aliphatic heterocycles. The minimum Gasteiger partial charge on any atom is -0.375 e. The summed E-state index contributed by atoms with van der Waals surface area (Å²) in [5.41, 5.74) is 6.00. The van der Waals surface area contributed by atoms with Gasteiger partial charge in [0.1, 0.15) is 5.82 Å². The van der Waals surface area contributed by atoms with Crippen LogP contribution in [0.25, 0.3) is 0 Å². The Morgan fingerprint density at radius 1 is 1.30 bits per heavy atom. The lowest BCUT2D eigenvalue weighted by Gasteiger charge is -2.34. The number of ether oxygens (including phenoxy) is 1. The molecule has 0 radical (unpaired) electrons. The fourth-order valence-electron chi connectivity index (χ4n) is 3.27. The molecule has 27 heavy (non-hydrogen) atoms. The van der Waals surface area contributed by atoms with E-state index in [-0.39, 0.29) is 18.4 Å². The predicted molar refractivity (Wildman–Crippen MR) is 105 cm³/mol. The zero-order valence-corrected chi connectivity index (χ0v) is 16.5. The topological polar surface area (TPSA) is 104 Å². The van der Waals surface area contributed by atoms with Gasteiger partial charge in [0.15, 0.2) is 5.96 Å². The summed E-state index contributed by atoms with van der Waals surface area (Å²) in [6.07, 6.45) is 1.85. The molecule has 2 saturated heterocycles. The first kappa shape index (κ1) is 19.8. The molecule has 0 bridgehead atoms. The van der Waals surface area contributed by atoms with Crippen LogP contribution < -0.4 is 10.6 Å². The molecule has 0 spiro atoms. The number of piperazine rings is 1. The van der Waals surface area contributed by atoms with Crippen molar-refractivity contribution >= 4 is 21.8 Å². The van der Waals surface area contributed by atoms with Crippen molar-refractivity contribution in [3.63, 3.8) is 0 Å². The van der Waals surface area contributed by atoms with Gasteiger partial charge in [0, 0.05) is 45.5 Å². The highest BCUT2D eigenvalue weighted by Gasteiger charge is 2.27. The number of pyridine rings is 1. The van der Waals surface area contributed by atoms with E-state index in [9.17, 15) is 8.42 Å². The number of aliphatic imine (C=N–C) groups is 1. The lowest BCUT2D eigenvalue weighted by atomic mass is 10.3. The van der Waals surface area contributed by atoms with Crippen molar-refractivity contribution in [2.24, 2.45) is 10.7 Å². The molecule has 0 amide bonds. The molecule has 1 unspecified atom stereocenters. The maximum absolute atomic E-state index is 12.6. The van der Waals surface area contributed by atoms with E-state index in [1.807, 2.05) is 30.0 Å². The van der Waals surface area contributed by atoms with Gasteiger partial charge in [-0.25, -0.2) is 13.4 Å². The Hall–Kier alpha value is -1.91. The van der Waals surface area contributed by atoms with Crippen molar-refractivity contribution in [2.75, 3.05) is 63.1 Å². The summed E-state index contributed by atoms with van der Waals surface area (Å²) in [7, 11) is -3.35. The summed E-state index contributed by atoms with van der Waals surface area (Å²) in [6.45, 7) is 6.30.